The Bertz CT molecular complexity index is 730. The third-order valence-electron chi connectivity index (χ3n) is 2.70. The van der Waals surface area contributed by atoms with Crippen LogP contribution in [0.15, 0.2) is 18.2 Å². The Morgan fingerprint density at radius 3 is 2.86 bits per heavy atom. The van der Waals surface area contributed by atoms with Crippen LogP contribution in [0.1, 0.15) is 26.5 Å². The van der Waals surface area contributed by atoms with Crippen LogP contribution in [-0.2, 0) is 4.74 Å². The van der Waals surface area contributed by atoms with E-state index in [1.807, 2.05) is 0 Å². The molecule has 1 aliphatic heterocycles. The quantitative estimate of drug-likeness (QED) is 0.855. The van der Waals surface area contributed by atoms with E-state index in [1.54, 1.807) is 25.1 Å². The van der Waals surface area contributed by atoms with E-state index < -0.39 is 11.9 Å². The van der Waals surface area contributed by atoms with E-state index >= 15 is 0 Å². The normalized spacial score (nSPS) is 12.0. The number of nitrogens with one attached hydrogen (secondary N) is 1. The summed E-state index contributed by atoms with van der Waals surface area (Å²) >= 11 is 0.869. The SMILES string of the molecule is CCOC(=O)c1nnc(C(=O)Nc2ccc3c(c2)OCO3)s1. The number of hydrogen-bond donors (Lipinski definition) is 1. The van der Waals surface area contributed by atoms with Crippen molar-refractivity contribution >= 4 is 28.9 Å². The highest BCUT2D eigenvalue weighted by atomic mass is 32.1. The Morgan fingerprint density at radius 1 is 1.27 bits per heavy atom. The van der Waals surface area contributed by atoms with Crippen LogP contribution >= 0.6 is 11.3 Å². The predicted octanol–water partition coefficient (Wildman–Crippen LogP) is 1.70. The fourth-order valence-corrected chi connectivity index (χ4v) is 2.38. The number of fused-ring (bicyclic) bond motifs is 1. The highest BCUT2D eigenvalue weighted by Crippen LogP contribution is 2.34. The molecule has 3 rings (SSSR count). The average Bonchev–Trinajstić information content (AvgIpc) is 3.16. The number of hydrogen-bond acceptors (Lipinski definition) is 8. The number of nitrogens with zero attached hydrogens (tertiary/aromatic N) is 2. The summed E-state index contributed by atoms with van der Waals surface area (Å²) in [5, 5.41) is 10.1. The summed E-state index contributed by atoms with van der Waals surface area (Å²) < 4.78 is 15.2. The summed E-state index contributed by atoms with van der Waals surface area (Å²) in [7, 11) is 0. The maximum Gasteiger partial charge on any atom is 0.369 e. The van der Waals surface area contributed by atoms with Crippen molar-refractivity contribution in [1.29, 1.82) is 0 Å². The third-order valence-corrected chi connectivity index (χ3v) is 3.60. The number of esters is 1. The second-order valence-corrected chi connectivity index (χ2v) is 5.13. The van der Waals surface area contributed by atoms with Gasteiger partial charge in [0.1, 0.15) is 0 Å². The van der Waals surface area contributed by atoms with E-state index in [2.05, 4.69) is 15.5 Å². The van der Waals surface area contributed by atoms with Crippen LogP contribution in [0.4, 0.5) is 5.69 Å². The van der Waals surface area contributed by atoms with Crippen LogP contribution in [0, 0.1) is 0 Å². The summed E-state index contributed by atoms with van der Waals surface area (Å²) in [6.45, 7) is 2.08. The molecular weight excluding hydrogens is 310 g/mol. The molecule has 1 aromatic heterocycles. The largest absolute Gasteiger partial charge is 0.461 e. The molecule has 0 spiro atoms. The highest BCUT2D eigenvalue weighted by molar-refractivity contribution is 7.15. The van der Waals surface area contributed by atoms with Crippen LogP contribution in [0.3, 0.4) is 0 Å². The summed E-state index contributed by atoms with van der Waals surface area (Å²) in [5.41, 5.74) is 0.530. The number of amides is 1. The minimum absolute atomic E-state index is 0.0395. The molecule has 22 heavy (non-hydrogen) atoms. The van der Waals surface area contributed by atoms with E-state index in [4.69, 9.17) is 14.2 Å². The molecule has 9 heteroatoms. The second kappa shape index (κ2) is 5.98. The van der Waals surface area contributed by atoms with Crippen molar-refractivity contribution in [3.05, 3.63) is 28.2 Å². The molecule has 0 aliphatic carbocycles. The Balaban J connectivity index is 1.71. The van der Waals surface area contributed by atoms with Crippen molar-refractivity contribution in [3.63, 3.8) is 0 Å². The third kappa shape index (κ3) is 2.84. The zero-order chi connectivity index (χ0) is 15.5. The van der Waals surface area contributed by atoms with Gasteiger partial charge in [-0.3, -0.25) is 4.79 Å². The van der Waals surface area contributed by atoms with Crippen LogP contribution in [0.2, 0.25) is 0 Å². The van der Waals surface area contributed by atoms with Crippen LogP contribution in [0.25, 0.3) is 0 Å². The molecule has 2 heterocycles. The van der Waals surface area contributed by atoms with Crippen molar-refractivity contribution in [2.45, 2.75) is 6.92 Å². The Morgan fingerprint density at radius 2 is 2.05 bits per heavy atom. The van der Waals surface area contributed by atoms with Gasteiger partial charge in [-0.2, -0.15) is 0 Å². The topological polar surface area (TPSA) is 99.6 Å². The first-order valence-electron chi connectivity index (χ1n) is 6.39. The van der Waals surface area contributed by atoms with Gasteiger partial charge in [-0.15, -0.1) is 10.2 Å². The lowest BCUT2D eigenvalue weighted by Gasteiger charge is -2.03. The molecule has 114 valence electrons. The molecule has 1 N–H and O–H groups in total. The van der Waals surface area contributed by atoms with Crippen molar-refractivity contribution in [2.24, 2.45) is 0 Å². The summed E-state index contributed by atoms with van der Waals surface area (Å²) in [6.07, 6.45) is 0. The first kappa shape index (κ1) is 14.3. The van der Waals surface area contributed by atoms with Crippen molar-refractivity contribution in [3.8, 4) is 11.5 Å². The molecule has 0 bridgehead atoms. The first-order valence-corrected chi connectivity index (χ1v) is 7.20. The lowest BCUT2D eigenvalue weighted by Crippen LogP contribution is -2.11. The van der Waals surface area contributed by atoms with E-state index in [0.717, 1.165) is 11.3 Å². The zero-order valence-electron chi connectivity index (χ0n) is 11.5. The number of anilines is 1. The summed E-state index contributed by atoms with van der Waals surface area (Å²) in [4.78, 5) is 23.6. The fraction of sp³-hybridized carbons (Fsp3) is 0.231. The standard InChI is InChI=1S/C13H11N3O5S/c1-2-19-13(18)12-16-15-11(22-12)10(17)14-7-3-4-8-9(5-7)21-6-20-8/h3-5H,2,6H2,1H3,(H,14,17). The molecule has 0 radical (unpaired) electrons. The van der Waals surface area contributed by atoms with Gasteiger partial charge in [0.25, 0.3) is 5.91 Å². The van der Waals surface area contributed by atoms with Gasteiger partial charge in [-0.05, 0) is 19.1 Å². The molecule has 0 saturated carbocycles. The van der Waals surface area contributed by atoms with Gasteiger partial charge in [0, 0.05) is 11.8 Å². The number of carbonyl (C=O) groups excluding carboxylic acids is 2. The van der Waals surface area contributed by atoms with Gasteiger partial charge in [-0.25, -0.2) is 4.79 Å². The van der Waals surface area contributed by atoms with Gasteiger partial charge in [0.2, 0.25) is 16.8 Å². The second-order valence-electron chi connectivity index (χ2n) is 4.16. The first-order chi connectivity index (χ1) is 10.7. The fourth-order valence-electron chi connectivity index (χ4n) is 1.75. The molecule has 0 unspecified atom stereocenters. The van der Waals surface area contributed by atoms with Gasteiger partial charge in [0.15, 0.2) is 11.5 Å². The number of ether oxygens (including phenoxy) is 3. The molecule has 2 aromatic rings. The van der Waals surface area contributed by atoms with E-state index in [-0.39, 0.29) is 23.4 Å². The molecule has 1 aliphatic rings. The maximum atomic E-state index is 12.1. The van der Waals surface area contributed by atoms with Crippen molar-refractivity contribution < 1.29 is 23.8 Å². The molecule has 0 atom stereocenters. The Labute approximate surface area is 129 Å². The molecule has 1 aromatic carbocycles. The van der Waals surface area contributed by atoms with Crippen LogP contribution in [0.5, 0.6) is 11.5 Å². The monoisotopic (exact) mass is 321 g/mol. The number of carbonyl (C=O) groups is 2. The average molecular weight is 321 g/mol. The minimum atomic E-state index is -0.595. The minimum Gasteiger partial charge on any atom is -0.461 e. The molecule has 8 nitrogen and oxygen atoms in total. The summed E-state index contributed by atoms with van der Waals surface area (Å²) in [5.74, 6) is 0.120. The molecule has 0 saturated heterocycles. The molecule has 0 fully saturated rings. The Hall–Kier alpha value is -2.68. The molecular formula is C13H11N3O5S. The van der Waals surface area contributed by atoms with Gasteiger partial charge in [-0.1, -0.05) is 11.3 Å². The van der Waals surface area contributed by atoms with Crippen LogP contribution in [-0.4, -0.2) is 35.5 Å². The number of benzene rings is 1. The van der Waals surface area contributed by atoms with Gasteiger partial charge >= 0.3 is 5.97 Å². The van der Waals surface area contributed by atoms with Gasteiger partial charge < -0.3 is 19.5 Å². The predicted molar refractivity (Wildman–Crippen MR) is 76.4 cm³/mol. The van der Waals surface area contributed by atoms with Gasteiger partial charge in [0.05, 0.1) is 6.61 Å². The smallest absolute Gasteiger partial charge is 0.369 e. The van der Waals surface area contributed by atoms with Crippen molar-refractivity contribution in [1.82, 2.24) is 10.2 Å². The lowest BCUT2D eigenvalue weighted by atomic mass is 10.3. The Kier molecular flexibility index (Phi) is 3.88. The maximum absolute atomic E-state index is 12.1. The number of rotatable bonds is 4. The van der Waals surface area contributed by atoms with E-state index in [1.165, 1.54) is 0 Å². The molecule has 1 amide bonds. The summed E-state index contributed by atoms with van der Waals surface area (Å²) in [6, 6.07) is 5.02. The zero-order valence-corrected chi connectivity index (χ0v) is 12.3. The number of aromatic nitrogens is 2. The lowest BCUT2D eigenvalue weighted by molar-refractivity contribution is 0.0524. The van der Waals surface area contributed by atoms with Crippen molar-refractivity contribution in [2.75, 3.05) is 18.7 Å². The van der Waals surface area contributed by atoms with E-state index in [9.17, 15) is 9.59 Å². The van der Waals surface area contributed by atoms with E-state index in [0.29, 0.717) is 17.2 Å². The van der Waals surface area contributed by atoms with Crippen LogP contribution < -0.4 is 14.8 Å². The highest BCUT2D eigenvalue weighted by Gasteiger charge is 2.19.